The molecule has 0 saturated carbocycles. The maximum Gasteiger partial charge on any atom is 0.270 e. The van der Waals surface area contributed by atoms with Crippen LogP contribution in [0.5, 0.6) is 0 Å². The van der Waals surface area contributed by atoms with Crippen molar-refractivity contribution in [2.45, 2.75) is 52.6 Å². The van der Waals surface area contributed by atoms with E-state index in [0.29, 0.717) is 6.54 Å². The fraction of sp³-hybridized carbons (Fsp3) is 0.346. The number of hydrogen-bond acceptors (Lipinski definition) is 1. The molecule has 3 aromatic rings. The Hall–Kier alpha value is -2.81. The first-order valence-corrected chi connectivity index (χ1v) is 10.6. The molecule has 0 spiro atoms. The normalized spacial score (nSPS) is 13.2. The minimum atomic E-state index is 0.119. The third-order valence-corrected chi connectivity index (χ3v) is 6.08. The minimum absolute atomic E-state index is 0.119. The second-order valence-corrected chi connectivity index (χ2v) is 8.33. The van der Waals surface area contributed by atoms with Crippen molar-refractivity contribution >= 4 is 5.91 Å². The van der Waals surface area contributed by atoms with Gasteiger partial charge in [0.1, 0.15) is 5.69 Å². The molecular weight excluding hydrogens is 356 g/mol. The highest BCUT2D eigenvalue weighted by molar-refractivity contribution is 5.95. The molecule has 1 aliphatic rings. The van der Waals surface area contributed by atoms with Gasteiger partial charge in [0.05, 0.1) is 0 Å². The molecule has 3 nitrogen and oxygen atoms in total. The molecule has 1 aromatic heterocycles. The summed E-state index contributed by atoms with van der Waals surface area (Å²) in [4.78, 5) is 15.4. The smallest absolute Gasteiger partial charge is 0.270 e. The summed E-state index contributed by atoms with van der Waals surface area (Å²) in [5.41, 5.74) is 8.49. The van der Waals surface area contributed by atoms with Crippen LogP contribution in [-0.2, 0) is 25.9 Å². The van der Waals surface area contributed by atoms with E-state index >= 15 is 0 Å². The van der Waals surface area contributed by atoms with Gasteiger partial charge in [0.25, 0.3) is 5.91 Å². The fourth-order valence-corrected chi connectivity index (χ4v) is 4.62. The Kier molecular flexibility index (Phi) is 5.57. The summed E-state index contributed by atoms with van der Waals surface area (Å²) in [6, 6.07) is 18.8. The maximum atomic E-state index is 13.6. The molecule has 0 fully saturated rings. The van der Waals surface area contributed by atoms with Crippen LogP contribution in [0, 0.1) is 13.8 Å². The van der Waals surface area contributed by atoms with Crippen molar-refractivity contribution in [1.82, 2.24) is 9.47 Å². The van der Waals surface area contributed by atoms with E-state index in [0.717, 1.165) is 30.6 Å². The summed E-state index contributed by atoms with van der Waals surface area (Å²) >= 11 is 0. The molecule has 4 rings (SSSR count). The predicted octanol–water partition coefficient (Wildman–Crippen LogP) is 5.30. The zero-order valence-electron chi connectivity index (χ0n) is 17.7. The molecule has 0 atom stereocenters. The van der Waals surface area contributed by atoms with Gasteiger partial charge >= 0.3 is 0 Å². The molecule has 150 valence electrons. The van der Waals surface area contributed by atoms with Crippen molar-refractivity contribution in [2.75, 3.05) is 7.05 Å². The quantitative estimate of drug-likeness (QED) is 0.584. The number of hydrogen-bond donors (Lipinski definition) is 0. The number of fused-ring (bicyclic) bond motifs is 1. The Morgan fingerprint density at radius 2 is 1.69 bits per heavy atom. The van der Waals surface area contributed by atoms with Gasteiger partial charge in [0.15, 0.2) is 0 Å². The monoisotopic (exact) mass is 386 g/mol. The molecule has 1 aliphatic carbocycles. The molecule has 0 radical (unpaired) electrons. The summed E-state index contributed by atoms with van der Waals surface area (Å²) in [5, 5.41) is 0. The van der Waals surface area contributed by atoms with Gasteiger partial charge in [-0.15, -0.1) is 0 Å². The fourth-order valence-electron chi connectivity index (χ4n) is 4.62. The Labute approximate surface area is 174 Å². The molecule has 0 bridgehead atoms. The average Bonchev–Trinajstić information content (AvgIpc) is 3.00. The molecule has 3 heteroatoms. The first-order valence-electron chi connectivity index (χ1n) is 10.6. The van der Waals surface area contributed by atoms with Crippen LogP contribution < -0.4 is 0 Å². The zero-order chi connectivity index (χ0) is 20.4. The first-order chi connectivity index (χ1) is 14.0. The summed E-state index contributed by atoms with van der Waals surface area (Å²) in [6.07, 6.45) is 4.58. The van der Waals surface area contributed by atoms with Crippen LogP contribution >= 0.6 is 0 Å². The van der Waals surface area contributed by atoms with Crippen molar-refractivity contribution in [2.24, 2.45) is 0 Å². The van der Waals surface area contributed by atoms with E-state index in [2.05, 4.69) is 54.8 Å². The van der Waals surface area contributed by atoms with Crippen molar-refractivity contribution < 1.29 is 4.79 Å². The van der Waals surface area contributed by atoms with Gasteiger partial charge in [0.2, 0.25) is 0 Å². The lowest BCUT2D eigenvalue weighted by Gasteiger charge is -2.21. The van der Waals surface area contributed by atoms with Crippen LogP contribution in [0.3, 0.4) is 0 Å². The van der Waals surface area contributed by atoms with Crippen LogP contribution in [0.1, 0.15) is 56.8 Å². The van der Waals surface area contributed by atoms with Gasteiger partial charge in [-0.2, -0.15) is 0 Å². The van der Waals surface area contributed by atoms with E-state index in [4.69, 9.17) is 0 Å². The van der Waals surface area contributed by atoms with Crippen molar-refractivity contribution in [3.05, 3.63) is 93.8 Å². The lowest BCUT2D eigenvalue weighted by atomic mass is 9.95. The topological polar surface area (TPSA) is 25.2 Å². The Bertz CT molecular complexity index is 1020. The number of benzene rings is 2. The van der Waals surface area contributed by atoms with Crippen LogP contribution in [0.2, 0.25) is 0 Å². The van der Waals surface area contributed by atoms with E-state index in [9.17, 15) is 4.79 Å². The summed E-state index contributed by atoms with van der Waals surface area (Å²) in [6.45, 7) is 5.65. The SMILES string of the molecule is Cc1cccc(Cn2c3c(c(C)c2C(=O)N(C)Cc2ccccc2)CCCC3)c1. The minimum Gasteiger partial charge on any atom is -0.336 e. The Balaban J connectivity index is 1.71. The Morgan fingerprint density at radius 3 is 2.45 bits per heavy atom. The molecule has 1 heterocycles. The summed E-state index contributed by atoms with van der Waals surface area (Å²) in [7, 11) is 1.91. The van der Waals surface area contributed by atoms with Crippen LogP contribution in [0.4, 0.5) is 0 Å². The van der Waals surface area contributed by atoms with E-state index in [1.807, 2.05) is 30.1 Å². The standard InChI is InChI=1S/C26H30N2O/c1-19-10-9-13-22(16-19)18-28-24-15-8-7-14-23(24)20(2)25(28)26(29)27(3)17-21-11-5-4-6-12-21/h4-6,9-13,16H,7-8,14-15,17-18H2,1-3H3. The molecule has 29 heavy (non-hydrogen) atoms. The number of amides is 1. The van der Waals surface area contributed by atoms with Gasteiger partial charge in [-0.05, 0) is 61.8 Å². The third-order valence-electron chi connectivity index (χ3n) is 6.08. The number of nitrogens with zero attached hydrogens (tertiary/aromatic N) is 2. The van der Waals surface area contributed by atoms with E-state index in [-0.39, 0.29) is 5.91 Å². The molecule has 0 unspecified atom stereocenters. The van der Waals surface area contributed by atoms with E-state index < -0.39 is 0 Å². The molecule has 0 saturated heterocycles. The number of rotatable bonds is 5. The van der Waals surface area contributed by atoms with Crippen molar-refractivity contribution in [3.63, 3.8) is 0 Å². The van der Waals surface area contributed by atoms with Crippen LogP contribution in [0.15, 0.2) is 54.6 Å². The van der Waals surface area contributed by atoms with Crippen molar-refractivity contribution in [3.8, 4) is 0 Å². The maximum absolute atomic E-state index is 13.6. The predicted molar refractivity (Wildman–Crippen MR) is 118 cm³/mol. The second kappa shape index (κ2) is 8.28. The first kappa shape index (κ1) is 19.5. The van der Waals surface area contributed by atoms with E-state index in [1.54, 1.807) is 0 Å². The lowest BCUT2D eigenvalue weighted by molar-refractivity contribution is 0.0773. The van der Waals surface area contributed by atoms with Gasteiger partial charge < -0.3 is 9.47 Å². The second-order valence-electron chi connectivity index (χ2n) is 8.33. The summed E-state index contributed by atoms with van der Waals surface area (Å²) in [5.74, 6) is 0.119. The number of aromatic nitrogens is 1. The zero-order valence-corrected chi connectivity index (χ0v) is 17.7. The largest absolute Gasteiger partial charge is 0.336 e. The molecule has 2 aromatic carbocycles. The highest BCUT2D eigenvalue weighted by Crippen LogP contribution is 2.31. The van der Waals surface area contributed by atoms with Gasteiger partial charge in [-0.3, -0.25) is 4.79 Å². The van der Waals surface area contributed by atoms with Crippen molar-refractivity contribution in [1.29, 1.82) is 0 Å². The number of aryl methyl sites for hydroxylation is 1. The third kappa shape index (κ3) is 4.00. The number of carbonyl (C=O) groups is 1. The van der Waals surface area contributed by atoms with E-state index in [1.165, 1.54) is 40.8 Å². The molecular formula is C26H30N2O. The van der Waals surface area contributed by atoms with Crippen LogP contribution in [0.25, 0.3) is 0 Å². The lowest BCUT2D eigenvalue weighted by Crippen LogP contribution is -2.29. The van der Waals surface area contributed by atoms with Gasteiger partial charge in [-0.25, -0.2) is 0 Å². The average molecular weight is 387 g/mol. The van der Waals surface area contributed by atoms with Crippen LogP contribution in [-0.4, -0.2) is 22.4 Å². The molecule has 0 aliphatic heterocycles. The summed E-state index contributed by atoms with van der Waals surface area (Å²) < 4.78 is 2.31. The molecule has 0 N–H and O–H groups in total. The van der Waals surface area contributed by atoms with Gasteiger partial charge in [0, 0.05) is 25.8 Å². The Morgan fingerprint density at radius 1 is 0.966 bits per heavy atom. The number of carbonyl (C=O) groups excluding carboxylic acids is 1. The highest BCUT2D eigenvalue weighted by Gasteiger charge is 2.27. The molecule has 1 amide bonds. The van der Waals surface area contributed by atoms with Gasteiger partial charge in [-0.1, -0.05) is 60.2 Å². The highest BCUT2D eigenvalue weighted by atomic mass is 16.2.